The molecule has 2 aliphatic rings. The number of benzene rings is 1. The largest absolute Gasteiger partial charge is 0.297 e. The molecule has 2 saturated carbocycles. The van der Waals surface area contributed by atoms with Gasteiger partial charge in [0.25, 0.3) is 20.2 Å². The summed E-state index contributed by atoms with van der Waals surface area (Å²) in [5, 5.41) is -1.19. The first-order valence-electron chi connectivity index (χ1n) is 8.18. The Morgan fingerprint density at radius 2 is 1.58 bits per heavy atom. The number of Topliss-reactive ketones (excluding diaryl/α,β-unsaturated/α-hetero) is 1. The van der Waals surface area contributed by atoms with Crippen molar-refractivity contribution >= 4 is 26.0 Å². The lowest BCUT2D eigenvalue weighted by Crippen LogP contribution is -2.38. The summed E-state index contributed by atoms with van der Waals surface area (Å²) in [7, 11) is -8.27. The summed E-state index contributed by atoms with van der Waals surface area (Å²) < 4.78 is 61.4. The first-order valence-corrected chi connectivity index (χ1v) is 11.1. The maximum absolute atomic E-state index is 12.0. The van der Waals surface area contributed by atoms with E-state index >= 15 is 0 Å². The normalized spacial score (nSPS) is 30.0. The summed E-state index contributed by atoms with van der Waals surface area (Å²) in [5.74, 6) is -0.531. The van der Waals surface area contributed by atoms with Crippen LogP contribution in [0.5, 0.6) is 0 Å². The highest BCUT2D eigenvalue weighted by atomic mass is 32.2. The minimum Gasteiger partial charge on any atom is -0.297 e. The molecule has 1 aromatic rings. The number of hydrogen-bond donors (Lipinski definition) is 2. The molecule has 3 unspecified atom stereocenters. The van der Waals surface area contributed by atoms with Crippen molar-refractivity contribution in [3.8, 4) is 0 Å². The molecular formula is C17H24O7S2. The lowest BCUT2D eigenvalue weighted by Gasteiger charge is -2.32. The van der Waals surface area contributed by atoms with Gasteiger partial charge >= 0.3 is 0 Å². The zero-order valence-electron chi connectivity index (χ0n) is 15.1. The van der Waals surface area contributed by atoms with E-state index in [2.05, 4.69) is 0 Å². The van der Waals surface area contributed by atoms with E-state index in [1.807, 2.05) is 20.8 Å². The molecule has 2 aliphatic carbocycles. The van der Waals surface area contributed by atoms with Gasteiger partial charge in [-0.15, -0.1) is 0 Å². The predicted molar refractivity (Wildman–Crippen MR) is 95.9 cm³/mol. The highest BCUT2D eigenvalue weighted by Gasteiger charge is 2.69. The third kappa shape index (κ3) is 3.33. The number of ketones is 1. The summed E-state index contributed by atoms with van der Waals surface area (Å²) >= 11 is 0. The van der Waals surface area contributed by atoms with Gasteiger partial charge in [0.05, 0.1) is 4.90 Å². The van der Waals surface area contributed by atoms with Gasteiger partial charge in [0.1, 0.15) is 5.25 Å². The van der Waals surface area contributed by atoms with Gasteiger partial charge in [0.15, 0.2) is 5.78 Å². The molecular weight excluding hydrogens is 380 g/mol. The Labute approximate surface area is 154 Å². The van der Waals surface area contributed by atoms with E-state index in [4.69, 9.17) is 9.11 Å². The Kier molecular flexibility index (Phi) is 5.17. The van der Waals surface area contributed by atoms with Crippen LogP contribution in [-0.4, -0.2) is 37.0 Å². The van der Waals surface area contributed by atoms with Crippen LogP contribution >= 0.6 is 0 Å². The fourth-order valence-electron chi connectivity index (χ4n) is 4.19. The molecule has 3 rings (SSSR count). The van der Waals surface area contributed by atoms with Gasteiger partial charge in [-0.3, -0.25) is 13.9 Å². The van der Waals surface area contributed by atoms with Crippen molar-refractivity contribution in [2.45, 2.75) is 50.7 Å². The van der Waals surface area contributed by atoms with E-state index < -0.39 is 30.9 Å². The molecule has 0 aromatic heterocycles. The molecule has 26 heavy (non-hydrogen) atoms. The average molecular weight is 405 g/mol. The predicted octanol–water partition coefficient (Wildman–Crippen LogP) is 2.51. The SMILES string of the molecule is CC12CCC(C(S(=O)(=O)O)C1=O)C2(C)C.Cc1ccccc1S(=O)(=O)O. The fourth-order valence-corrected chi connectivity index (χ4v) is 6.34. The van der Waals surface area contributed by atoms with Crippen LogP contribution in [0.1, 0.15) is 39.2 Å². The maximum atomic E-state index is 12.0. The van der Waals surface area contributed by atoms with Crippen molar-refractivity contribution < 1.29 is 30.7 Å². The van der Waals surface area contributed by atoms with E-state index in [-0.39, 0.29) is 22.0 Å². The van der Waals surface area contributed by atoms with Crippen LogP contribution in [0, 0.1) is 23.7 Å². The van der Waals surface area contributed by atoms with Crippen LogP contribution in [0.25, 0.3) is 0 Å². The zero-order chi connectivity index (χ0) is 20.1. The van der Waals surface area contributed by atoms with E-state index in [9.17, 15) is 21.6 Å². The molecule has 0 saturated heterocycles. The van der Waals surface area contributed by atoms with Crippen molar-refractivity contribution in [2.24, 2.45) is 16.7 Å². The van der Waals surface area contributed by atoms with Crippen LogP contribution < -0.4 is 0 Å². The van der Waals surface area contributed by atoms with Crippen molar-refractivity contribution in [1.82, 2.24) is 0 Å². The molecule has 0 aliphatic heterocycles. The van der Waals surface area contributed by atoms with Crippen molar-refractivity contribution in [3.63, 3.8) is 0 Å². The van der Waals surface area contributed by atoms with Crippen molar-refractivity contribution in [3.05, 3.63) is 29.8 Å². The number of rotatable bonds is 2. The summed E-state index contributed by atoms with van der Waals surface area (Å²) in [6.07, 6.45) is 1.44. The Morgan fingerprint density at radius 1 is 1.04 bits per heavy atom. The fraction of sp³-hybridized carbons (Fsp3) is 0.588. The van der Waals surface area contributed by atoms with Crippen LogP contribution in [0.2, 0.25) is 0 Å². The second kappa shape index (κ2) is 6.40. The van der Waals surface area contributed by atoms with Gasteiger partial charge in [0, 0.05) is 5.41 Å². The molecule has 146 valence electrons. The standard InChI is InChI=1S/C10H16O4S.C7H8O3S/c1-9(2)6-4-5-10(9,3)8(11)7(6)15(12,13)14;1-6-4-2-3-5-7(6)11(8,9)10/h6-7H,4-5H2,1-3H3,(H,12,13,14);2-5H,1H3,(H,8,9,10). The summed E-state index contributed by atoms with van der Waals surface area (Å²) in [4.78, 5) is 12.0. The Bertz CT molecular complexity index is 932. The second-order valence-corrected chi connectivity index (χ2v) is 10.7. The molecule has 2 N–H and O–H groups in total. The number of hydrogen-bond acceptors (Lipinski definition) is 5. The first kappa shape index (κ1) is 21.0. The lowest BCUT2D eigenvalue weighted by molar-refractivity contribution is -0.128. The third-order valence-corrected chi connectivity index (χ3v) is 8.36. The van der Waals surface area contributed by atoms with Crippen LogP contribution in [-0.2, 0) is 25.0 Å². The summed E-state index contributed by atoms with van der Waals surface area (Å²) in [6, 6.07) is 6.27. The van der Waals surface area contributed by atoms with Crippen LogP contribution in [0.15, 0.2) is 29.2 Å². The maximum Gasteiger partial charge on any atom is 0.294 e. The lowest BCUT2D eigenvalue weighted by atomic mass is 9.70. The second-order valence-electron chi connectivity index (χ2n) is 7.74. The monoisotopic (exact) mass is 404 g/mol. The smallest absolute Gasteiger partial charge is 0.294 e. The number of aryl methyl sites for hydroxylation is 1. The van der Waals surface area contributed by atoms with E-state index in [1.54, 1.807) is 25.1 Å². The van der Waals surface area contributed by atoms with E-state index in [1.165, 1.54) is 6.07 Å². The molecule has 2 bridgehead atoms. The van der Waals surface area contributed by atoms with E-state index in [0.717, 1.165) is 6.42 Å². The van der Waals surface area contributed by atoms with Crippen molar-refractivity contribution in [1.29, 1.82) is 0 Å². The number of carbonyl (C=O) groups excluding carboxylic acids is 1. The van der Waals surface area contributed by atoms with Crippen LogP contribution in [0.4, 0.5) is 0 Å². The van der Waals surface area contributed by atoms with E-state index in [0.29, 0.717) is 12.0 Å². The molecule has 7 nitrogen and oxygen atoms in total. The molecule has 0 heterocycles. The van der Waals surface area contributed by atoms with Crippen LogP contribution in [0.3, 0.4) is 0 Å². The minimum atomic E-state index is -4.24. The Hall–Kier alpha value is -1.29. The average Bonchev–Trinajstić information content (AvgIpc) is 2.78. The summed E-state index contributed by atoms with van der Waals surface area (Å²) in [6.45, 7) is 7.30. The van der Waals surface area contributed by atoms with Gasteiger partial charge in [-0.25, -0.2) is 0 Å². The molecule has 3 atom stereocenters. The van der Waals surface area contributed by atoms with Gasteiger partial charge < -0.3 is 0 Å². The molecule has 2 fully saturated rings. The highest BCUT2D eigenvalue weighted by Crippen LogP contribution is 2.64. The molecule has 0 spiro atoms. The highest BCUT2D eigenvalue weighted by molar-refractivity contribution is 7.87. The Balaban J connectivity index is 0.000000197. The molecule has 9 heteroatoms. The number of fused-ring (bicyclic) bond motifs is 2. The topological polar surface area (TPSA) is 126 Å². The van der Waals surface area contributed by atoms with Crippen molar-refractivity contribution in [2.75, 3.05) is 0 Å². The zero-order valence-corrected chi connectivity index (χ0v) is 16.8. The molecule has 0 radical (unpaired) electrons. The molecule has 0 amide bonds. The first-order chi connectivity index (χ1) is 11.6. The van der Waals surface area contributed by atoms with Gasteiger partial charge in [-0.05, 0) is 42.7 Å². The Morgan fingerprint density at radius 3 is 1.88 bits per heavy atom. The molecule has 1 aromatic carbocycles. The number of carbonyl (C=O) groups is 1. The third-order valence-electron chi connectivity index (χ3n) is 6.16. The summed E-state index contributed by atoms with van der Waals surface area (Å²) in [5.41, 5.74) is -0.363. The minimum absolute atomic E-state index is 0.0278. The van der Waals surface area contributed by atoms with Gasteiger partial charge in [0.2, 0.25) is 0 Å². The quantitative estimate of drug-likeness (QED) is 0.725. The van der Waals surface area contributed by atoms with Gasteiger partial charge in [-0.1, -0.05) is 39.0 Å². The van der Waals surface area contributed by atoms with Gasteiger partial charge in [-0.2, -0.15) is 16.8 Å².